The molecule has 0 saturated heterocycles. The van der Waals surface area contributed by atoms with Crippen molar-refractivity contribution in [3.05, 3.63) is 136 Å². The zero-order valence-electron chi connectivity index (χ0n) is 25.2. The van der Waals surface area contributed by atoms with Gasteiger partial charge >= 0.3 is 6.09 Å². The Morgan fingerprint density at radius 3 is 2.39 bits per heavy atom. The van der Waals surface area contributed by atoms with E-state index in [1.165, 1.54) is 12.1 Å². The summed E-state index contributed by atoms with van der Waals surface area (Å²) in [5.74, 6) is 1.33. The third kappa shape index (κ3) is 8.65. The number of aromatic hydroxyl groups is 1. The number of aliphatic hydroxyl groups excluding tert-OH is 1. The Kier molecular flexibility index (Phi) is 10.9. The van der Waals surface area contributed by atoms with Crippen LogP contribution in [-0.4, -0.2) is 46.1 Å². The first-order valence-electron chi connectivity index (χ1n) is 15.1. The number of H-pyrrole nitrogens is 1. The molecule has 0 bridgehead atoms. The van der Waals surface area contributed by atoms with Gasteiger partial charge in [-0.1, -0.05) is 60.7 Å². The Balaban J connectivity index is 1.05. The van der Waals surface area contributed by atoms with Crippen LogP contribution in [0.15, 0.2) is 108 Å². The predicted molar refractivity (Wildman–Crippen MR) is 175 cm³/mol. The van der Waals surface area contributed by atoms with E-state index in [1.54, 1.807) is 12.1 Å². The summed E-state index contributed by atoms with van der Waals surface area (Å²) in [5, 5.41) is 36.6. The molecule has 5 rings (SSSR count). The molecule has 4 aromatic carbocycles. The fourth-order valence-electron chi connectivity index (χ4n) is 5.24. The van der Waals surface area contributed by atoms with Crippen LogP contribution in [0.5, 0.6) is 17.2 Å². The minimum atomic E-state index is -1.10. The molecule has 0 aliphatic rings. The highest BCUT2D eigenvalue weighted by Crippen LogP contribution is 2.29. The number of aliphatic hydroxyl groups is 1. The van der Waals surface area contributed by atoms with Crippen molar-refractivity contribution in [1.29, 1.82) is 0 Å². The van der Waals surface area contributed by atoms with Gasteiger partial charge in [-0.2, -0.15) is 0 Å². The van der Waals surface area contributed by atoms with Crippen molar-refractivity contribution in [3.63, 3.8) is 0 Å². The number of pyridine rings is 1. The van der Waals surface area contributed by atoms with Gasteiger partial charge in [0.2, 0.25) is 5.56 Å². The topological polar surface area (TPSA) is 153 Å². The second-order valence-corrected chi connectivity index (χ2v) is 10.9. The minimum Gasteiger partial charge on any atom is -0.506 e. The molecule has 0 fully saturated rings. The van der Waals surface area contributed by atoms with Crippen molar-refractivity contribution in [2.45, 2.75) is 31.6 Å². The molecule has 1 aromatic heterocycles. The second-order valence-electron chi connectivity index (χ2n) is 10.9. The third-order valence-corrected chi connectivity index (χ3v) is 7.52. The van der Waals surface area contributed by atoms with E-state index in [4.69, 9.17) is 9.47 Å². The third-order valence-electron chi connectivity index (χ3n) is 7.52. The molecule has 5 aromatic rings. The molecule has 0 saturated carbocycles. The Morgan fingerprint density at radius 1 is 0.826 bits per heavy atom. The molecule has 1 amide bonds. The molecule has 0 radical (unpaired) electrons. The van der Waals surface area contributed by atoms with Crippen LogP contribution in [0, 0.1) is 0 Å². The van der Waals surface area contributed by atoms with E-state index in [0.717, 1.165) is 35.3 Å². The number of rotatable bonds is 15. The quantitative estimate of drug-likeness (QED) is 0.0818. The number of amides is 1. The van der Waals surface area contributed by atoms with E-state index in [2.05, 4.69) is 15.6 Å². The highest BCUT2D eigenvalue weighted by molar-refractivity contribution is 5.87. The van der Waals surface area contributed by atoms with Crippen LogP contribution < -0.4 is 25.7 Å². The summed E-state index contributed by atoms with van der Waals surface area (Å²) in [4.78, 5) is 25.7. The zero-order valence-corrected chi connectivity index (χ0v) is 25.2. The monoisotopic (exact) mass is 623 g/mol. The lowest BCUT2D eigenvalue weighted by molar-refractivity contribution is 0.176. The van der Waals surface area contributed by atoms with Gasteiger partial charge in [-0.05, 0) is 78.0 Å². The maximum Gasteiger partial charge on any atom is 0.405 e. The number of nitrogens with one attached hydrogen (secondary N) is 3. The van der Waals surface area contributed by atoms with E-state index in [9.17, 15) is 24.9 Å². The zero-order chi connectivity index (χ0) is 32.3. The molecule has 0 aliphatic heterocycles. The average Bonchev–Trinajstić information content (AvgIpc) is 3.07. The molecule has 1 unspecified atom stereocenters. The first-order valence-corrected chi connectivity index (χ1v) is 15.1. The van der Waals surface area contributed by atoms with Gasteiger partial charge in [0.25, 0.3) is 0 Å². The smallest absolute Gasteiger partial charge is 0.405 e. The number of benzene rings is 4. The van der Waals surface area contributed by atoms with Crippen LogP contribution in [-0.2, 0) is 6.61 Å². The maximum atomic E-state index is 11.6. The van der Waals surface area contributed by atoms with E-state index in [0.29, 0.717) is 48.5 Å². The summed E-state index contributed by atoms with van der Waals surface area (Å²) in [5.41, 5.74) is 3.17. The van der Waals surface area contributed by atoms with Gasteiger partial charge in [-0.3, -0.25) is 4.79 Å². The first-order chi connectivity index (χ1) is 22.4. The Bertz CT molecular complexity index is 1810. The largest absolute Gasteiger partial charge is 0.506 e. The average molecular weight is 624 g/mol. The maximum absolute atomic E-state index is 11.6. The Hall–Kier alpha value is -5.32. The van der Waals surface area contributed by atoms with Crippen molar-refractivity contribution in [1.82, 2.24) is 15.6 Å². The van der Waals surface area contributed by atoms with E-state index >= 15 is 0 Å². The molecule has 2 atom stereocenters. The van der Waals surface area contributed by atoms with Crippen molar-refractivity contribution in [2.75, 3.05) is 19.7 Å². The van der Waals surface area contributed by atoms with Gasteiger partial charge < -0.3 is 40.4 Å². The van der Waals surface area contributed by atoms with Gasteiger partial charge in [0, 0.05) is 18.0 Å². The lowest BCUT2D eigenvalue weighted by atomic mass is 9.98. The van der Waals surface area contributed by atoms with Crippen LogP contribution in [0.3, 0.4) is 0 Å². The van der Waals surface area contributed by atoms with Gasteiger partial charge in [-0.15, -0.1) is 0 Å². The fourth-order valence-corrected chi connectivity index (χ4v) is 5.24. The van der Waals surface area contributed by atoms with Crippen molar-refractivity contribution in [2.24, 2.45) is 0 Å². The van der Waals surface area contributed by atoms with E-state index in [-0.39, 0.29) is 11.3 Å². The Labute approximate surface area is 266 Å². The lowest BCUT2D eigenvalue weighted by Crippen LogP contribution is -2.27. The predicted octanol–water partition coefficient (Wildman–Crippen LogP) is 5.65. The normalized spacial score (nSPS) is 12.4. The number of fused-ring (bicyclic) bond motifs is 1. The molecule has 10 nitrogen and oxygen atoms in total. The number of aromatic nitrogens is 1. The first kappa shape index (κ1) is 32.1. The summed E-state index contributed by atoms with van der Waals surface area (Å²) < 4.78 is 12.0. The molecule has 238 valence electrons. The number of phenols is 1. The van der Waals surface area contributed by atoms with Crippen molar-refractivity contribution < 1.29 is 29.6 Å². The fraction of sp³-hybridized carbons (Fsp3) is 0.222. The summed E-state index contributed by atoms with van der Waals surface area (Å²) in [6.07, 6.45) is -0.250. The van der Waals surface area contributed by atoms with Gasteiger partial charge in [0.1, 0.15) is 23.9 Å². The summed E-state index contributed by atoms with van der Waals surface area (Å²) in [6, 6.07) is 30.1. The molecule has 10 heteroatoms. The number of phenolic OH excluding ortho intramolecular Hbond substituents is 1. The summed E-state index contributed by atoms with van der Waals surface area (Å²) >= 11 is 0. The number of carbonyl (C=O) groups is 1. The molecule has 46 heavy (non-hydrogen) atoms. The minimum absolute atomic E-state index is 0.0376. The van der Waals surface area contributed by atoms with Crippen molar-refractivity contribution >= 4 is 17.0 Å². The van der Waals surface area contributed by atoms with Gasteiger partial charge in [0.15, 0.2) is 0 Å². The number of ether oxygens (including phenoxy) is 2. The van der Waals surface area contributed by atoms with Gasteiger partial charge in [0.05, 0.1) is 24.3 Å². The second kappa shape index (κ2) is 15.6. The highest BCUT2D eigenvalue weighted by atomic mass is 16.5. The van der Waals surface area contributed by atoms with Crippen LogP contribution >= 0.6 is 0 Å². The number of unbranched alkanes of at least 4 members (excludes halogenated alkanes) is 1. The number of aromatic amines is 1. The SMILES string of the molecule is O=C(O)NC(c1ccccc1)c1cccc(OCc2cccc(OCCCCNC[C@@H](O)c3ccc(O)c4[nH]c(=O)ccc34)c2)c1. The Morgan fingerprint density at radius 2 is 1.59 bits per heavy atom. The molecule has 1 heterocycles. The molecular weight excluding hydrogens is 586 g/mol. The number of hydrogen-bond acceptors (Lipinski definition) is 7. The molecule has 0 aliphatic carbocycles. The van der Waals surface area contributed by atoms with Crippen LogP contribution in [0.4, 0.5) is 4.79 Å². The van der Waals surface area contributed by atoms with Crippen LogP contribution in [0.25, 0.3) is 10.9 Å². The highest BCUT2D eigenvalue weighted by Gasteiger charge is 2.17. The standard InChI is InChI=1S/C36H37N3O7/c40-31-16-14-29(30-15-17-33(42)38-35(30)31)32(41)22-37-18-4-5-19-45-27-12-6-8-24(20-27)23-46-28-13-7-11-26(21-28)34(39-36(43)44)25-9-2-1-3-10-25/h1-3,6-17,20-21,32,34,37,39-41H,4-5,18-19,22-23H2,(H,38,42)(H,43,44)/t32-,34?/m1/s1. The van der Waals surface area contributed by atoms with Gasteiger partial charge in [-0.25, -0.2) is 4.79 Å². The summed E-state index contributed by atoms with van der Waals surface area (Å²) in [7, 11) is 0. The number of hydrogen-bond donors (Lipinski definition) is 6. The lowest BCUT2D eigenvalue weighted by Gasteiger charge is -2.19. The molecular formula is C36H37N3O7. The van der Waals surface area contributed by atoms with Crippen LogP contribution in [0.2, 0.25) is 0 Å². The van der Waals surface area contributed by atoms with Crippen molar-refractivity contribution in [3.8, 4) is 17.2 Å². The van der Waals surface area contributed by atoms with E-state index in [1.807, 2.05) is 78.9 Å². The molecule has 6 N–H and O–H groups in total. The number of carboxylic acid groups (broad SMARTS) is 1. The van der Waals surface area contributed by atoms with Crippen LogP contribution in [0.1, 0.15) is 47.2 Å². The summed E-state index contributed by atoms with van der Waals surface area (Å²) in [6.45, 7) is 1.87. The molecule has 0 spiro atoms. The van der Waals surface area contributed by atoms with E-state index < -0.39 is 18.2 Å².